The Labute approximate surface area is 114 Å². The SMILES string of the molecule is CCC(N)c1nnc(-c2c(F)c(F)c(F)c(F)c2F)s1. The molecule has 0 aliphatic rings. The molecule has 0 spiro atoms. The van der Waals surface area contributed by atoms with Gasteiger partial charge in [0.25, 0.3) is 0 Å². The van der Waals surface area contributed by atoms with Crippen molar-refractivity contribution in [2.45, 2.75) is 19.4 Å². The highest BCUT2D eigenvalue weighted by molar-refractivity contribution is 7.14. The maximum atomic E-state index is 13.6. The smallest absolute Gasteiger partial charge is 0.200 e. The van der Waals surface area contributed by atoms with Crippen LogP contribution in [0.15, 0.2) is 0 Å². The zero-order valence-corrected chi connectivity index (χ0v) is 10.9. The summed E-state index contributed by atoms with van der Waals surface area (Å²) in [7, 11) is 0. The lowest BCUT2D eigenvalue weighted by molar-refractivity contribution is 0.381. The van der Waals surface area contributed by atoms with Gasteiger partial charge < -0.3 is 5.73 Å². The van der Waals surface area contributed by atoms with Gasteiger partial charge in [0.1, 0.15) is 5.01 Å². The average molecular weight is 309 g/mol. The van der Waals surface area contributed by atoms with Crippen LogP contribution in [0.2, 0.25) is 0 Å². The summed E-state index contributed by atoms with van der Waals surface area (Å²) < 4.78 is 66.2. The number of benzene rings is 1. The van der Waals surface area contributed by atoms with E-state index in [4.69, 9.17) is 5.73 Å². The normalized spacial score (nSPS) is 12.8. The van der Waals surface area contributed by atoms with Crippen LogP contribution in [0.5, 0.6) is 0 Å². The highest BCUT2D eigenvalue weighted by Gasteiger charge is 2.28. The highest BCUT2D eigenvalue weighted by Crippen LogP contribution is 2.34. The molecule has 0 aliphatic heterocycles. The Morgan fingerprint density at radius 3 is 1.95 bits per heavy atom. The third kappa shape index (κ3) is 2.27. The van der Waals surface area contributed by atoms with Gasteiger partial charge >= 0.3 is 0 Å². The van der Waals surface area contributed by atoms with Gasteiger partial charge in [-0.25, -0.2) is 22.0 Å². The predicted molar refractivity (Wildman–Crippen MR) is 62.4 cm³/mol. The summed E-state index contributed by atoms with van der Waals surface area (Å²) in [4.78, 5) is 0. The number of aromatic nitrogens is 2. The molecule has 1 aromatic heterocycles. The molecule has 0 bridgehead atoms. The Morgan fingerprint density at radius 2 is 1.45 bits per heavy atom. The standard InChI is InChI=1S/C11H8F5N3S/c1-2-3(17)10-18-19-11(20-10)4-5(12)7(14)9(16)8(15)6(4)13/h3H,2,17H2,1H3. The Bertz CT molecular complexity index is 629. The maximum Gasteiger partial charge on any atom is 0.200 e. The molecule has 1 heterocycles. The van der Waals surface area contributed by atoms with Crippen molar-refractivity contribution in [1.29, 1.82) is 0 Å². The number of hydrogen-bond donors (Lipinski definition) is 1. The van der Waals surface area contributed by atoms with Gasteiger partial charge in [0.15, 0.2) is 28.3 Å². The van der Waals surface area contributed by atoms with E-state index in [2.05, 4.69) is 10.2 Å². The topological polar surface area (TPSA) is 51.8 Å². The van der Waals surface area contributed by atoms with Crippen molar-refractivity contribution in [2.24, 2.45) is 5.73 Å². The van der Waals surface area contributed by atoms with Crippen molar-refractivity contribution in [1.82, 2.24) is 10.2 Å². The highest BCUT2D eigenvalue weighted by atomic mass is 32.1. The molecular weight excluding hydrogens is 301 g/mol. The molecule has 0 radical (unpaired) electrons. The van der Waals surface area contributed by atoms with E-state index in [0.717, 1.165) is 0 Å². The molecule has 0 fully saturated rings. The van der Waals surface area contributed by atoms with Crippen molar-refractivity contribution in [2.75, 3.05) is 0 Å². The van der Waals surface area contributed by atoms with Gasteiger partial charge in [0, 0.05) is 0 Å². The Morgan fingerprint density at radius 1 is 0.950 bits per heavy atom. The van der Waals surface area contributed by atoms with Gasteiger partial charge in [-0.05, 0) is 6.42 Å². The quantitative estimate of drug-likeness (QED) is 0.537. The van der Waals surface area contributed by atoms with Crippen LogP contribution in [0.4, 0.5) is 22.0 Å². The minimum Gasteiger partial charge on any atom is -0.322 e. The van der Waals surface area contributed by atoms with Gasteiger partial charge in [-0.1, -0.05) is 18.3 Å². The van der Waals surface area contributed by atoms with Gasteiger partial charge in [-0.3, -0.25) is 0 Å². The van der Waals surface area contributed by atoms with Crippen LogP contribution in [0.3, 0.4) is 0 Å². The van der Waals surface area contributed by atoms with E-state index in [-0.39, 0.29) is 5.01 Å². The zero-order chi connectivity index (χ0) is 15.0. The molecule has 1 unspecified atom stereocenters. The number of nitrogens with zero attached hydrogens (tertiary/aromatic N) is 2. The molecular formula is C11H8F5N3S. The summed E-state index contributed by atoms with van der Waals surface area (Å²) >= 11 is 0.687. The van der Waals surface area contributed by atoms with Crippen molar-refractivity contribution >= 4 is 11.3 Å². The molecule has 9 heteroatoms. The monoisotopic (exact) mass is 309 g/mol. The van der Waals surface area contributed by atoms with Gasteiger partial charge in [0.05, 0.1) is 11.6 Å². The first-order valence-corrected chi connectivity index (χ1v) is 6.30. The first kappa shape index (κ1) is 14.8. The van der Waals surface area contributed by atoms with E-state index < -0.39 is 45.7 Å². The van der Waals surface area contributed by atoms with Crippen molar-refractivity contribution in [3.8, 4) is 10.6 Å². The van der Waals surface area contributed by atoms with Crippen LogP contribution in [0, 0.1) is 29.1 Å². The summed E-state index contributed by atoms with van der Waals surface area (Å²) in [5.41, 5.74) is 4.57. The fourth-order valence-electron chi connectivity index (χ4n) is 1.45. The van der Waals surface area contributed by atoms with E-state index in [1.165, 1.54) is 0 Å². The van der Waals surface area contributed by atoms with Crippen molar-refractivity contribution in [3.05, 3.63) is 34.1 Å². The molecule has 0 amide bonds. The van der Waals surface area contributed by atoms with Gasteiger partial charge in [-0.2, -0.15) is 0 Å². The third-order valence-electron chi connectivity index (χ3n) is 2.62. The number of hydrogen-bond acceptors (Lipinski definition) is 4. The first-order valence-electron chi connectivity index (χ1n) is 5.49. The van der Waals surface area contributed by atoms with Gasteiger partial charge in [0.2, 0.25) is 5.82 Å². The number of halogens is 5. The van der Waals surface area contributed by atoms with Crippen LogP contribution in [0.25, 0.3) is 10.6 Å². The number of rotatable bonds is 3. The van der Waals surface area contributed by atoms with Crippen LogP contribution >= 0.6 is 11.3 Å². The van der Waals surface area contributed by atoms with E-state index in [1.807, 2.05) is 0 Å². The minimum absolute atomic E-state index is 0.256. The summed E-state index contributed by atoms with van der Waals surface area (Å²) in [5.74, 6) is -10.1. The largest absolute Gasteiger partial charge is 0.322 e. The van der Waals surface area contributed by atoms with Crippen LogP contribution in [-0.2, 0) is 0 Å². The van der Waals surface area contributed by atoms with E-state index in [1.54, 1.807) is 6.92 Å². The molecule has 2 N–H and O–H groups in total. The third-order valence-corrected chi connectivity index (χ3v) is 3.69. The van der Waals surface area contributed by atoms with Crippen LogP contribution in [0.1, 0.15) is 24.4 Å². The lowest BCUT2D eigenvalue weighted by Crippen LogP contribution is -2.07. The fourth-order valence-corrected chi connectivity index (χ4v) is 2.41. The Balaban J connectivity index is 2.61. The molecule has 1 atom stereocenters. The molecule has 0 saturated heterocycles. The molecule has 0 saturated carbocycles. The van der Waals surface area contributed by atoms with E-state index >= 15 is 0 Å². The molecule has 1 aromatic carbocycles. The van der Waals surface area contributed by atoms with E-state index in [9.17, 15) is 22.0 Å². The molecule has 3 nitrogen and oxygen atoms in total. The average Bonchev–Trinajstić information content (AvgIpc) is 2.92. The second-order valence-corrected chi connectivity index (χ2v) is 4.91. The maximum absolute atomic E-state index is 13.6. The molecule has 0 aliphatic carbocycles. The minimum atomic E-state index is -2.21. The van der Waals surface area contributed by atoms with Gasteiger partial charge in [-0.15, -0.1) is 10.2 Å². The molecule has 108 valence electrons. The molecule has 20 heavy (non-hydrogen) atoms. The second kappa shape index (κ2) is 5.41. The second-order valence-electron chi connectivity index (χ2n) is 3.91. The summed E-state index contributed by atoms with van der Waals surface area (Å²) in [5, 5.41) is 6.89. The lowest BCUT2D eigenvalue weighted by atomic mass is 10.2. The van der Waals surface area contributed by atoms with E-state index in [0.29, 0.717) is 17.8 Å². The summed E-state index contributed by atoms with van der Waals surface area (Å²) in [6.45, 7) is 1.75. The fraction of sp³-hybridized carbons (Fsp3) is 0.273. The number of nitrogens with two attached hydrogens (primary N) is 1. The summed E-state index contributed by atoms with van der Waals surface area (Å²) in [6, 6.07) is -0.512. The molecule has 2 rings (SSSR count). The van der Waals surface area contributed by atoms with Crippen LogP contribution in [-0.4, -0.2) is 10.2 Å². The predicted octanol–water partition coefficient (Wildman–Crippen LogP) is 3.31. The Kier molecular flexibility index (Phi) is 4.00. The zero-order valence-electron chi connectivity index (χ0n) is 10.1. The van der Waals surface area contributed by atoms with Crippen LogP contribution < -0.4 is 5.73 Å². The van der Waals surface area contributed by atoms with Crippen molar-refractivity contribution < 1.29 is 22.0 Å². The Hall–Kier alpha value is -1.61. The van der Waals surface area contributed by atoms with Crippen molar-refractivity contribution in [3.63, 3.8) is 0 Å². The molecule has 2 aromatic rings. The first-order chi connectivity index (χ1) is 9.38. The summed E-state index contributed by atoms with van der Waals surface area (Å²) in [6.07, 6.45) is 0.492. The lowest BCUT2D eigenvalue weighted by Gasteiger charge is -2.05.